The Hall–Kier alpha value is -1.40. The maximum Gasteiger partial charge on any atom is 0.328 e. The van der Waals surface area contributed by atoms with E-state index >= 15 is 0 Å². The summed E-state index contributed by atoms with van der Waals surface area (Å²) in [6.45, 7) is 4.15. The van der Waals surface area contributed by atoms with Gasteiger partial charge >= 0.3 is 6.01 Å². The summed E-state index contributed by atoms with van der Waals surface area (Å²) in [6.07, 6.45) is 0. The summed E-state index contributed by atoms with van der Waals surface area (Å²) in [5, 5.41) is 0.00529. The summed E-state index contributed by atoms with van der Waals surface area (Å²) in [5.74, 6) is 0.986. The number of nitrogens with two attached hydrogens (primary N) is 1. The molecule has 19 heavy (non-hydrogen) atoms. The topological polar surface area (TPSA) is 73.9 Å². The minimum absolute atomic E-state index is 0.00529. The van der Waals surface area contributed by atoms with Gasteiger partial charge in [-0.05, 0) is 41.3 Å². The molecule has 1 heterocycles. The van der Waals surface area contributed by atoms with E-state index in [1.54, 1.807) is 0 Å². The molecule has 0 spiro atoms. The molecule has 0 radical (unpaired) electrons. The zero-order valence-electron chi connectivity index (χ0n) is 10.4. The van der Waals surface area contributed by atoms with Crippen molar-refractivity contribution in [1.29, 1.82) is 0 Å². The number of anilines is 1. The highest BCUT2D eigenvalue weighted by molar-refractivity contribution is 9.10. The molecular weight excluding hydrogens is 332 g/mol. The fourth-order valence-corrected chi connectivity index (χ4v) is 2.09. The average Bonchev–Trinajstić information content (AvgIpc) is 2.30. The van der Waals surface area contributed by atoms with Gasteiger partial charge in [-0.15, -0.1) is 0 Å². The number of hydrogen-bond acceptors (Lipinski definition) is 5. The van der Waals surface area contributed by atoms with Gasteiger partial charge in [0.25, 0.3) is 0 Å². The van der Waals surface area contributed by atoms with Gasteiger partial charge in [0.05, 0.1) is 0 Å². The Balaban J connectivity index is 2.37. The lowest BCUT2D eigenvalue weighted by molar-refractivity contribution is 0.433. The van der Waals surface area contributed by atoms with Crippen LogP contribution in [0.2, 0.25) is 5.28 Å². The van der Waals surface area contributed by atoms with Crippen molar-refractivity contribution in [1.82, 2.24) is 15.0 Å². The van der Waals surface area contributed by atoms with Gasteiger partial charge in [0.1, 0.15) is 5.75 Å². The number of ether oxygens (including phenoxy) is 1. The molecule has 0 saturated carbocycles. The molecule has 1 aromatic heterocycles. The monoisotopic (exact) mass is 342 g/mol. The number of rotatable bonds is 3. The first-order chi connectivity index (χ1) is 8.95. The maximum absolute atomic E-state index is 5.71. The molecule has 2 aromatic rings. The molecule has 0 amide bonds. The molecule has 7 heteroatoms. The standard InChI is InChI=1S/C12H12BrClN4O/c1-6(2)8-5-7(13)3-4-9(8)19-12-17-10(14)16-11(15)18-12/h3-6H,1-2H3,(H2,15,16,17,18). The highest BCUT2D eigenvalue weighted by Gasteiger charge is 2.12. The van der Waals surface area contributed by atoms with Crippen LogP contribution in [0.3, 0.4) is 0 Å². The van der Waals surface area contributed by atoms with Crippen LogP contribution < -0.4 is 10.5 Å². The Morgan fingerprint density at radius 2 is 2.00 bits per heavy atom. The largest absolute Gasteiger partial charge is 0.424 e. The van der Waals surface area contributed by atoms with E-state index < -0.39 is 0 Å². The van der Waals surface area contributed by atoms with Crippen molar-refractivity contribution in [2.24, 2.45) is 0 Å². The molecule has 0 unspecified atom stereocenters. The van der Waals surface area contributed by atoms with E-state index in [-0.39, 0.29) is 17.2 Å². The van der Waals surface area contributed by atoms with Crippen molar-refractivity contribution in [3.8, 4) is 11.8 Å². The third-order valence-electron chi connectivity index (χ3n) is 2.40. The molecule has 0 atom stereocenters. The lowest BCUT2D eigenvalue weighted by Gasteiger charge is -2.13. The first-order valence-electron chi connectivity index (χ1n) is 5.60. The average molecular weight is 344 g/mol. The molecule has 0 aliphatic rings. The minimum atomic E-state index is 0.00529. The number of benzene rings is 1. The van der Waals surface area contributed by atoms with Gasteiger partial charge in [-0.1, -0.05) is 29.8 Å². The molecule has 5 nitrogen and oxygen atoms in total. The SMILES string of the molecule is CC(C)c1cc(Br)ccc1Oc1nc(N)nc(Cl)n1. The van der Waals surface area contributed by atoms with Crippen LogP contribution in [-0.2, 0) is 0 Å². The Morgan fingerprint density at radius 3 is 2.63 bits per heavy atom. The van der Waals surface area contributed by atoms with Crippen molar-refractivity contribution in [2.45, 2.75) is 19.8 Å². The van der Waals surface area contributed by atoms with E-state index in [1.807, 2.05) is 18.2 Å². The van der Waals surface area contributed by atoms with Crippen molar-refractivity contribution < 1.29 is 4.74 Å². The molecule has 0 fully saturated rings. The Kier molecular flexibility index (Phi) is 4.21. The molecule has 2 N–H and O–H groups in total. The molecule has 0 aliphatic heterocycles. The number of nitrogens with zero attached hydrogens (tertiary/aromatic N) is 3. The van der Waals surface area contributed by atoms with E-state index in [4.69, 9.17) is 22.1 Å². The molecule has 0 aliphatic carbocycles. The Bertz CT molecular complexity index is 586. The number of halogens is 2. The lowest BCUT2D eigenvalue weighted by Crippen LogP contribution is -2.02. The second kappa shape index (κ2) is 5.71. The smallest absolute Gasteiger partial charge is 0.328 e. The van der Waals surface area contributed by atoms with Gasteiger partial charge in [0, 0.05) is 4.47 Å². The molecule has 0 saturated heterocycles. The second-order valence-electron chi connectivity index (χ2n) is 4.18. The molecule has 100 valence electrons. The molecule has 0 bridgehead atoms. The van der Waals surface area contributed by atoms with Crippen LogP contribution >= 0.6 is 27.5 Å². The van der Waals surface area contributed by atoms with Crippen LogP contribution in [0.5, 0.6) is 11.8 Å². The van der Waals surface area contributed by atoms with E-state index in [0.717, 1.165) is 10.0 Å². The zero-order valence-corrected chi connectivity index (χ0v) is 12.7. The van der Waals surface area contributed by atoms with Gasteiger partial charge in [-0.2, -0.15) is 15.0 Å². The second-order valence-corrected chi connectivity index (χ2v) is 5.44. The van der Waals surface area contributed by atoms with E-state index in [2.05, 4.69) is 44.7 Å². The third-order valence-corrected chi connectivity index (χ3v) is 3.06. The normalized spacial score (nSPS) is 10.8. The van der Waals surface area contributed by atoms with Crippen LogP contribution in [0, 0.1) is 0 Å². The van der Waals surface area contributed by atoms with Crippen LogP contribution in [0.1, 0.15) is 25.3 Å². The van der Waals surface area contributed by atoms with E-state index in [9.17, 15) is 0 Å². The van der Waals surface area contributed by atoms with Crippen LogP contribution in [0.25, 0.3) is 0 Å². The summed E-state index contributed by atoms with van der Waals surface area (Å²) >= 11 is 9.15. The van der Waals surface area contributed by atoms with Crippen molar-refractivity contribution in [3.63, 3.8) is 0 Å². The van der Waals surface area contributed by atoms with Crippen LogP contribution in [-0.4, -0.2) is 15.0 Å². The fraction of sp³-hybridized carbons (Fsp3) is 0.250. The highest BCUT2D eigenvalue weighted by atomic mass is 79.9. The summed E-state index contributed by atoms with van der Waals surface area (Å²) in [5.41, 5.74) is 6.53. The fourth-order valence-electron chi connectivity index (χ4n) is 1.55. The van der Waals surface area contributed by atoms with Crippen molar-refractivity contribution in [2.75, 3.05) is 5.73 Å². The number of nitrogen functional groups attached to an aromatic ring is 1. The predicted molar refractivity (Wildman–Crippen MR) is 77.6 cm³/mol. The molecule has 2 rings (SSSR count). The van der Waals surface area contributed by atoms with E-state index in [0.29, 0.717) is 11.7 Å². The predicted octanol–water partition coefficient (Wildman–Crippen LogP) is 3.79. The van der Waals surface area contributed by atoms with Gasteiger partial charge in [0.15, 0.2) is 0 Å². The van der Waals surface area contributed by atoms with Crippen LogP contribution in [0.15, 0.2) is 22.7 Å². The Morgan fingerprint density at radius 1 is 1.26 bits per heavy atom. The summed E-state index contributed by atoms with van der Waals surface area (Å²) in [4.78, 5) is 11.5. The van der Waals surface area contributed by atoms with Gasteiger partial charge in [0.2, 0.25) is 11.2 Å². The summed E-state index contributed by atoms with van der Waals surface area (Å²) in [7, 11) is 0. The quantitative estimate of drug-likeness (QED) is 0.918. The van der Waals surface area contributed by atoms with Gasteiger partial charge in [-0.25, -0.2) is 0 Å². The molecule has 1 aromatic carbocycles. The van der Waals surface area contributed by atoms with Gasteiger partial charge < -0.3 is 10.5 Å². The third kappa shape index (κ3) is 3.54. The first-order valence-corrected chi connectivity index (χ1v) is 6.77. The lowest BCUT2D eigenvalue weighted by atomic mass is 10.0. The number of hydrogen-bond donors (Lipinski definition) is 1. The number of aromatic nitrogens is 3. The highest BCUT2D eigenvalue weighted by Crippen LogP contribution is 2.32. The zero-order chi connectivity index (χ0) is 14.0. The van der Waals surface area contributed by atoms with Crippen molar-refractivity contribution in [3.05, 3.63) is 33.5 Å². The summed E-state index contributed by atoms with van der Waals surface area (Å²) in [6, 6.07) is 5.80. The van der Waals surface area contributed by atoms with E-state index in [1.165, 1.54) is 0 Å². The molecular formula is C12H12BrClN4O. The first kappa shape index (κ1) is 14.0. The Labute approximate surface area is 124 Å². The summed E-state index contributed by atoms with van der Waals surface area (Å²) < 4.78 is 6.62. The van der Waals surface area contributed by atoms with Crippen LogP contribution in [0.4, 0.5) is 5.95 Å². The van der Waals surface area contributed by atoms with Crippen molar-refractivity contribution >= 4 is 33.5 Å². The minimum Gasteiger partial charge on any atom is -0.424 e. The van der Waals surface area contributed by atoms with Gasteiger partial charge in [-0.3, -0.25) is 0 Å². The maximum atomic E-state index is 5.71.